The lowest BCUT2D eigenvalue weighted by molar-refractivity contribution is -0.121. The first-order valence-corrected chi connectivity index (χ1v) is 19.1. The van der Waals surface area contributed by atoms with Crippen molar-refractivity contribution in [1.82, 2.24) is 5.32 Å². The van der Waals surface area contributed by atoms with Crippen LogP contribution in [0.4, 0.5) is 0 Å². The summed E-state index contributed by atoms with van der Waals surface area (Å²) >= 11 is 0. The number of carbonyl (C=O) groups is 1. The third-order valence-corrected chi connectivity index (χ3v) is 11.3. The molecule has 2 fully saturated rings. The fourth-order valence-electron chi connectivity index (χ4n) is 8.34. The number of rotatable bonds is 17. The van der Waals surface area contributed by atoms with Gasteiger partial charge in [0.1, 0.15) is 18.6 Å². The van der Waals surface area contributed by atoms with Crippen LogP contribution in [0, 0.1) is 5.41 Å². The van der Waals surface area contributed by atoms with Crippen LogP contribution in [0.5, 0.6) is 28.7 Å². The number of aromatic hydroxyl groups is 3. The van der Waals surface area contributed by atoms with E-state index >= 15 is 0 Å². The van der Waals surface area contributed by atoms with Crippen LogP contribution in [0.25, 0.3) is 0 Å². The molecule has 7 N–H and O–H groups in total. The zero-order valence-electron chi connectivity index (χ0n) is 30.5. The maximum absolute atomic E-state index is 13.1. The number of nitrogens with two attached hydrogens (primary N) is 1. The summed E-state index contributed by atoms with van der Waals surface area (Å²) in [7, 11) is 0. The van der Waals surface area contributed by atoms with E-state index in [0.717, 1.165) is 68.2 Å². The SMILES string of the molecule is NCOc1cc(CCC(=O)C[C@H](O)C[C@H](CCc2ccccc2)c2cc(O)c(O)c(O[C@@H]3C[C@@H](Cc4ccccc4)NCC34CCCC4)c2)ccc1O. The number of aliphatic hydroxyl groups is 1. The van der Waals surface area contributed by atoms with E-state index in [1.165, 1.54) is 11.6 Å². The number of Topliss-reactive ketones (excluding diaryl/α,β-unsaturated/α-hetero) is 1. The Kier molecular flexibility index (Phi) is 12.9. The zero-order chi connectivity index (χ0) is 37.2. The van der Waals surface area contributed by atoms with Gasteiger partial charge >= 0.3 is 0 Å². The maximum Gasteiger partial charge on any atom is 0.200 e. The Morgan fingerprint density at radius 1 is 0.849 bits per heavy atom. The molecule has 1 saturated heterocycles. The summed E-state index contributed by atoms with van der Waals surface area (Å²) in [5.41, 5.74) is 9.40. The van der Waals surface area contributed by atoms with Gasteiger partial charge in [0.15, 0.2) is 23.0 Å². The fraction of sp³-hybridized carbons (Fsp3) is 0.432. The molecule has 9 heteroatoms. The minimum Gasteiger partial charge on any atom is -0.504 e. The molecule has 9 nitrogen and oxygen atoms in total. The first-order valence-electron chi connectivity index (χ1n) is 19.1. The summed E-state index contributed by atoms with van der Waals surface area (Å²) < 4.78 is 12.1. The Bertz CT molecular complexity index is 1780. The third-order valence-electron chi connectivity index (χ3n) is 11.3. The monoisotopic (exact) mass is 722 g/mol. The highest BCUT2D eigenvalue weighted by molar-refractivity contribution is 5.79. The van der Waals surface area contributed by atoms with Gasteiger partial charge < -0.3 is 35.2 Å². The third kappa shape index (κ3) is 10.1. The molecule has 1 spiro atoms. The van der Waals surface area contributed by atoms with Crippen molar-refractivity contribution in [1.29, 1.82) is 0 Å². The van der Waals surface area contributed by atoms with Crippen LogP contribution in [-0.2, 0) is 24.1 Å². The van der Waals surface area contributed by atoms with Crippen molar-refractivity contribution in [2.24, 2.45) is 11.1 Å². The standard InChI is InChI=1S/C44H54N2O7/c45-29-52-40-22-32(15-18-38(40)49)14-17-36(47)27-37(48)23-33(16-13-30-9-3-1-4-10-30)34-24-39(50)43(51)41(25-34)53-42-26-35(21-31-11-5-2-6-12-31)46-28-44(42)19-7-8-20-44/h1-6,9-12,15,18,22,24-25,33,35,37,42,46,48-51H,7-8,13-14,16-17,19-21,23,26-29,45H2/t33-,35+,37+,42+/m0/s1. The number of ether oxygens (including phenoxy) is 2. The van der Waals surface area contributed by atoms with Crippen LogP contribution in [0.3, 0.4) is 0 Å². The van der Waals surface area contributed by atoms with Gasteiger partial charge in [-0.15, -0.1) is 0 Å². The summed E-state index contributed by atoms with van der Waals surface area (Å²) in [6.45, 7) is 0.769. The fourth-order valence-corrected chi connectivity index (χ4v) is 8.34. The molecule has 0 unspecified atom stereocenters. The molecule has 1 saturated carbocycles. The Balaban J connectivity index is 1.18. The number of phenolic OH excluding ortho intramolecular Hbond substituents is 3. The van der Waals surface area contributed by atoms with Gasteiger partial charge in [0.2, 0.25) is 5.75 Å². The zero-order valence-corrected chi connectivity index (χ0v) is 30.5. The van der Waals surface area contributed by atoms with Crippen molar-refractivity contribution >= 4 is 5.78 Å². The largest absolute Gasteiger partial charge is 0.504 e. The molecule has 2 aliphatic rings. The number of hydrogen-bond acceptors (Lipinski definition) is 9. The molecule has 6 rings (SSSR count). The summed E-state index contributed by atoms with van der Waals surface area (Å²) in [4.78, 5) is 13.1. The first kappa shape index (κ1) is 38.2. The van der Waals surface area contributed by atoms with Crippen molar-refractivity contribution in [3.63, 3.8) is 0 Å². The quantitative estimate of drug-likeness (QED) is 0.0496. The number of benzene rings is 4. The van der Waals surface area contributed by atoms with Crippen molar-refractivity contribution in [3.05, 3.63) is 113 Å². The second kappa shape index (κ2) is 18.0. The van der Waals surface area contributed by atoms with Gasteiger partial charge in [0.25, 0.3) is 0 Å². The van der Waals surface area contributed by atoms with Crippen LogP contribution < -0.4 is 20.5 Å². The highest BCUT2D eigenvalue weighted by Gasteiger charge is 2.47. The van der Waals surface area contributed by atoms with Gasteiger partial charge in [0, 0.05) is 37.3 Å². The molecule has 1 aliphatic carbocycles. The number of aryl methyl sites for hydroxylation is 2. The van der Waals surface area contributed by atoms with E-state index in [4.69, 9.17) is 15.2 Å². The second-order valence-electron chi connectivity index (χ2n) is 15.0. The number of ketones is 1. The molecule has 0 aromatic heterocycles. The van der Waals surface area contributed by atoms with Gasteiger partial charge in [0.05, 0.1) is 6.10 Å². The lowest BCUT2D eigenvalue weighted by Gasteiger charge is -2.45. The molecule has 282 valence electrons. The highest BCUT2D eigenvalue weighted by Crippen LogP contribution is 2.48. The first-order chi connectivity index (χ1) is 25.7. The molecule has 4 aromatic rings. The van der Waals surface area contributed by atoms with Gasteiger partial charge in [-0.25, -0.2) is 0 Å². The Labute approximate surface area is 312 Å². The molecule has 1 heterocycles. The highest BCUT2D eigenvalue weighted by atomic mass is 16.5. The minimum absolute atomic E-state index is 0.0140. The summed E-state index contributed by atoms with van der Waals surface area (Å²) in [6.07, 6.45) is 7.31. The van der Waals surface area contributed by atoms with Crippen molar-refractivity contribution in [3.8, 4) is 28.7 Å². The molecule has 0 amide bonds. The molecular formula is C44H54N2O7. The van der Waals surface area contributed by atoms with E-state index in [1.54, 1.807) is 18.2 Å². The van der Waals surface area contributed by atoms with Gasteiger partial charge in [-0.05, 0) is 97.4 Å². The van der Waals surface area contributed by atoms with E-state index in [2.05, 4.69) is 41.7 Å². The molecular weight excluding hydrogens is 668 g/mol. The van der Waals surface area contributed by atoms with E-state index in [0.29, 0.717) is 19.3 Å². The summed E-state index contributed by atoms with van der Waals surface area (Å²) in [5, 5.41) is 47.3. The smallest absolute Gasteiger partial charge is 0.200 e. The summed E-state index contributed by atoms with van der Waals surface area (Å²) in [6, 6.07) is 29.1. The van der Waals surface area contributed by atoms with Crippen LogP contribution in [0.15, 0.2) is 91.0 Å². The van der Waals surface area contributed by atoms with Crippen LogP contribution in [-0.4, -0.2) is 57.7 Å². The second-order valence-corrected chi connectivity index (χ2v) is 15.0. The molecule has 4 aromatic carbocycles. The minimum atomic E-state index is -0.913. The number of nitrogens with one attached hydrogen (secondary N) is 1. The molecule has 0 bridgehead atoms. The van der Waals surface area contributed by atoms with Gasteiger partial charge in [-0.1, -0.05) is 79.6 Å². The number of hydrogen-bond donors (Lipinski definition) is 6. The number of aliphatic hydroxyl groups excluding tert-OH is 1. The lowest BCUT2D eigenvalue weighted by Crippen LogP contribution is -2.55. The number of phenols is 3. The van der Waals surface area contributed by atoms with Crippen LogP contribution >= 0.6 is 0 Å². The average Bonchev–Trinajstić information content (AvgIpc) is 3.64. The average molecular weight is 723 g/mol. The van der Waals surface area contributed by atoms with E-state index in [-0.39, 0.29) is 77.6 Å². The normalized spacial score (nSPS) is 19.1. The van der Waals surface area contributed by atoms with Crippen molar-refractivity contribution in [2.75, 3.05) is 13.3 Å². The Hall–Kier alpha value is -4.57. The van der Waals surface area contributed by atoms with Gasteiger partial charge in [-0.2, -0.15) is 0 Å². The van der Waals surface area contributed by atoms with Crippen molar-refractivity contribution < 1.29 is 34.7 Å². The predicted molar refractivity (Wildman–Crippen MR) is 206 cm³/mol. The number of piperidine rings is 1. The molecule has 1 aliphatic heterocycles. The van der Waals surface area contributed by atoms with E-state index in [9.17, 15) is 25.2 Å². The number of carbonyl (C=O) groups excluding carboxylic acids is 1. The van der Waals surface area contributed by atoms with E-state index < -0.39 is 6.10 Å². The molecule has 0 radical (unpaired) electrons. The lowest BCUT2D eigenvalue weighted by atomic mass is 9.74. The Morgan fingerprint density at radius 2 is 1.57 bits per heavy atom. The predicted octanol–water partition coefficient (Wildman–Crippen LogP) is 7.07. The Morgan fingerprint density at radius 3 is 2.28 bits per heavy atom. The molecule has 4 atom stereocenters. The van der Waals surface area contributed by atoms with Crippen LogP contribution in [0.1, 0.15) is 86.0 Å². The van der Waals surface area contributed by atoms with Crippen LogP contribution in [0.2, 0.25) is 0 Å². The van der Waals surface area contributed by atoms with Crippen molar-refractivity contribution in [2.45, 2.75) is 101 Å². The van der Waals surface area contributed by atoms with Gasteiger partial charge in [-0.3, -0.25) is 10.5 Å². The van der Waals surface area contributed by atoms with E-state index in [1.807, 2.05) is 30.3 Å². The molecule has 53 heavy (non-hydrogen) atoms. The topological polar surface area (TPSA) is 154 Å². The summed E-state index contributed by atoms with van der Waals surface area (Å²) in [5.74, 6) is -0.314. The maximum atomic E-state index is 13.1.